The standard InChI is InChI=1S/C14H16N2O4/c17-12-6-5-10(8-15-12)16-13(18)7-9-3-1-2-4-11(9)14(19)20/h1-4,10H,5-8H2,(H,15,17)(H,16,18)(H,19,20). The van der Waals surface area contributed by atoms with Crippen LogP contribution in [-0.4, -0.2) is 35.5 Å². The van der Waals surface area contributed by atoms with Crippen LogP contribution < -0.4 is 10.6 Å². The summed E-state index contributed by atoms with van der Waals surface area (Å²) in [6, 6.07) is 6.35. The van der Waals surface area contributed by atoms with Crippen LogP contribution in [0.15, 0.2) is 24.3 Å². The van der Waals surface area contributed by atoms with Crippen LogP contribution in [0.1, 0.15) is 28.8 Å². The molecule has 1 saturated heterocycles. The maximum absolute atomic E-state index is 11.9. The van der Waals surface area contributed by atoms with Gasteiger partial charge in [0.25, 0.3) is 0 Å². The second-order valence-electron chi connectivity index (χ2n) is 4.75. The summed E-state index contributed by atoms with van der Waals surface area (Å²) < 4.78 is 0. The van der Waals surface area contributed by atoms with Gasteiger partial charge in [-0.05, 0) is 18.1 Å². The Kier molecular flexibility index (Phi) is 4.34. The van der Waals surface area contributed by atoms with E-state index in [1.165, 1.54) is 6.07 Å². The van der Waals surface area contributed by atoms with Crippen LogP contribution in [0.4, 0.5) is 0 Å². The molecule has 0 aliphatic carbocycles. The predicted molar refractivity (Wildman–Crippen MR) is 71.3 cm³/mol. The van der Waals surface area contributed by atoms with Crippen molar-refractivity contribution in [3.05, 3.63) is 35.4 Å². The van der Waals surface area contributed by atoms with Gasteiger partial charge in [0.1, 0.15) is 0 Å². The predicted octanol–water partition coefficient (Wildman–Crippen LogP) is 0.322. The number of carboxylic acids is 1. The minimum Gasteiger partial charge on any atom is -0.478 e. The van der Waals surface area contributed by atoms with E-state index >= 15 is 0 Å². The molecule has 0 saturated carbocycles. The Hall–Kier alpha value is -2.37. The number of amides is 2. The number of hydrogen-bond acceptors (Lipinski definition) is 3. The van der Waals surface area contributed by atoms with Crippen LogP contribution in [0.25, 0.3) is 0 Å². The van der Waals surface area contributed by atoms with Crippen LogP contribution >= 0.6 is 0 Å². The number of benzene rings is 1. The minimum absolute atomic E-state index is 0.00766. The van der Waals surface area contributed by atoms with E-state index in [0.29, 0.717) is 24.9 Å². The Bertz CT molecular complexity index is 532. The Morgan fingerprint density at radius 3 is 2.75 bits per heavy atom. The second-order valence-corrected chi connectivity index (χ2v) is 4.75. The Morgan fingerprint density at radius 2 is 2.10 bits per heavy atom. The van der Waals surface area contributed by atoms with E-state index < -0.39 is 5.97 Å². The van der Waals surface area contributed by atoms with Crippen molar-refractivity contribution in [2.45, 2.75) is 25.3 Å². The minimum atomic E-state index is -1.04. The van der Waals surface area contributed by atoms with Crippen LogP contribution in [0.5, 0.6) is 0 Å². The molecule has 0 bridgehead atoms. The van der Waals surface area contributed by atoms with Gasteiger partial charge in [-0.2, -0.15) is 0 Å². The molecular formula is C14H16N2O4. The number of hydrogen-bond donors (Lipinski definition) is 3. The molecule has 0 aromatic heterocycles. The van der Waals surface area contributed by atoms with E-state index in [1.807, 2.05) is 0 Å². The lowest BCUT2D eigenvalue weighted by molar-refractivity contribution is -0.125. The zero-order valence-corrected chi connectivity index (χ0v) is 10.9. The fourth-order valence-corrected chi connectivity index (χ4v) is 2.19. The van der Waals surface area contributed by atoms with Gasteiger partial charge in [-0.3, -0.25) is 9.59 Å². The molecule has 1 aromatic carbocycles. The molecule has 1 aliphatic rings. The van der Waals surface area contributed by atoms with Crippen molar-refractivity contribution < 1.29 is 19.5 Å². The molecule has 1 atom stereocenters. The second kappa shape index (κ2) is 6.18. The quantitative estimate of drug-likeness (QED) is 0.738. The molecule has 0 spiro atoms. The number of carboxylic acid groups (broad SMARTS) is 1. The summed E-state index contributed by atoms with van der Waals surface area (Å²) in [5.74, 6) is -1.29. The summed E-state index contributed by atoms with van der Waals surface area (Å²) in [4.78, 5) is 34.0. The lowest BCUT2D eigenvalue weighted by Crippen LogP contribution is -2.48. The summed E-state index contributed by atoms with van der Waals surface area (Å²) in [6.07, 6.45) is 1.03. The van der Waals surface area contributed by atoms with Crippen LogP contribution in [0, 0.1) is 0 Å². The van der Waals surface area contributed by atoms with Crippen LogP contribution in [-0.2, 0) is 16.0 Å². The molecule has 2 amide bonds. The highest BCUT2D eigenvalue weighted by molar-refractivity contribution is 5.91. The van der Waals surface area contributed by atoms with Crippen molar-refractivity contribution >= 4 is 17.8 Å². The molecule has 3 N–H and O–H groups in total. The van der Waals surface area contributed by atoms with Crippen molar-refractivity contribution in [2.24, 2.45) is 0 Å². The van der Waals surface area contributed by atoms with Gasteiger partial charge in [-0.1, -0.05) is 18.2 Å². The van der Waals surface area contributed by atoms with Gasteiger partial charge in [0.05, 0.1) is 12.0 Å². The fourth-order valence-electron chi connectivity index (χ4n) is 2.19. The van der Waals surface area contributed by atoms with Gasteiger partial charge in [-0.25, -0.2) is 4.79 Å². The molecule has 6 heteroatoms. The van der Waals surface area contributed by atoms with Crippen molar-refractivity contribution in [2.75, 3.05) is 6.54 Å². The van der Waals surface area contributed by atoms with Crippen LogP contribution in [0.2, 0.25) is 0 Å². The van der Waals surface area contributed by atoms with E-state index in [1.54, 1.807) is 18.2 Å². The topological polar surface area (TPSA) is 95.5 Å². The van der Waals surface area contributed by atoms with E-state index in [-0.39, 0.29) is 29.8 Å². The summed E-state index contributed by atoms with van der Waals surface area (Å²) >= 11 is 0. The van der Waals surface area contributed by atoms with E-state index in [0.717, 1.165) is 0 Å². The van der Waals surface area contributed by atoms with Gasteiger partial charge in [0, 0.05) is 19.0 Å². The van der Waals surface area contributed by atoms with Crippen molar-refractivity contribution in [1.29, 1.82) is 0 Å². The molecule has 2 rings (SSSR count). The highest BCUT2D eigenvalue weighted by Gasteiger charge is 2.20. The molecule has 1 aliphatic heterocycles. The average Bonchev–Trinajstić information content (AvgIpc) is 2.41. The molecular weight excluding hydrogens is 260 g/mol. The lowest BCUT2D eigenvalue weighted by Gasteiger charge is -2.23. The first-order valence-corrected chi connectivity index (χ1v) is 6.43. The number of aromatic carboxylic acids is 1. The summed E-state index contributed by atoms with van der Waals surface area (Å²) in [5.41, 5.74) is 0.622. The third-order valence-electron chi connectivity index (χ3n) is 3.23. The summed E-state index contributed by atoms with van der Waals surface area (Å²) in [6.45, 7) is 0.422. The molecule has 6 nitrogen and oxygen atoms in total. The highest BCUT2D eigenvalue weighted by atomic mass is 16.4. The molecule has 1 fully saturated rings. The van der Waals surface area contributed by atoms with Gasteiger partial charge in [0.15, 0.2) is 0 Å². The monoisotopic (exact) mass is 276 g/mol. The van der Waals surface area contributed by atoms with Gasteiger partial charge < -0.3 is 15.7 Å². The number of nitrogens with one attached hydrogen (secondary N) is 2. The number of piperidine rings is 1. The van der Waals surface area contributed by atoms with Crippen LogP contribution in [0.3, 0.4) is 0 Å². The van der Waals surface area contributed by atoms with Gasteiger partial charge >= 0.3 is 5.97 Å². The average molecular weight is 276 g/mol. The maximum Gasteiger partial charge on any atom is 0.335 e. The van der Waals surface area contributed by atoms with Crippen molar-refractivity contribution in [3.63, 3.8) is 0 Å². The lowest BCUT2D eigenvalue weighted by atomic mass is 10.0. The van der Waals surface area contributed by atoms with E-state index in [9.17, 15) is 14.4 Å². The maximum atomic E-state index is 11.9. The molecule has 20 heavy (non-hydrogen) atoms. The molecule has 1 aromatic rings. The van der Waals surface area contributed by atoms with Gasteiger partial charge in [0.2, 0.25) is 11.8 Å². The van der Waals surface area contributed by atoms with Crippen molar-refractivity contribution in [3.8, 4) is 0 Å². The smallest absolute Gasteiger partial charge is 0.335 e. The number of carbonyl (C=O) groups excluding carboxylic acids is 2. The third kappa shape index (κ3) is 3.57. The molecule has 106 valence electrons. The van der Waals surface area contributed by atoms with Crippen molar-refractivity contribution in [1.82, 2.24) is 10.6 Å². The zero-order valence-electron chi connectivity index (χ0n) is 10.9. The molecule has 0 radical (unpaired) electrons. The zero-order chi connectivity index (χ0) is 14.5. The highest BCUT2D eigenvalue weighted by Crippen LogP contribution is 2.10. The first kappa shape index (κ1) is 14.0. The van der Waals surface area contributed by atoms with Gasteiger partial charge in [-0.15, -0.1) is 0 Å². The fraction of sp³-hybridized carbons (Fsp3) is 0.357. The molecule has 1 heterocycles. The third-order valence-corrected chi connectivity index (χ3v) is 3.23. The molecule has 1 unspecified atom stereocenters. The number of carbonyl (C=O) groups is 3. The SMILES string of the molecule is O=C1CCC(NC(=O)Cc2ccccc2C(=O)O)CN1. The largest absolute Gasteiger partial charge is 0.478 e. The Balaban J connectivity index is 1.95. The first-order chi connectivity index (χ1) is 9.56. The normalized spacial score (nSPS) is 18.2. The Morgan fingerprint density at radius 1 is 1.35 bits per heavy atom. The number of rotatable bonds is 4. The van der Waals surface area contributed by atoms with E-state index in [4.69, 9.17) is 5.11 Å². The summed E-state index contributed by atoms with van der Waals surface area (Å²) in [7, 11) is 0. The van der Waals surface area contributed by atoms with E-state index in [2.05, 4.69) is 10.6 Å². The Labute approximate surface area is 116 Å². The first-order valence-electron chi connectivity index (χ1n) is 6.43. The summed E-state index contributed by atoms with van der Waals surface area (Å²) in [5, 5.41) is 14.5.